The second-order valence-electron chi connectivity index (χ2n) is 7.55. The predicted molar refractivity (Wildman–Crippen MR) is 111 cm³/mol. The van der Waals surface area contributed by atoms with Crippen LogP contribution in [-0.2, 0) is 4.79 Å². The van der Waals surface area contributed by atoms with Crippen LogP contribution in [0.25, 0.3) is 22.3 Å². The molecule has 29 heavy (non-hydrogen) atoms. The smallest absolute Gasteiger partial charge is 0.326 e. The molecule has 3 rings (SSSR count). The van der Waals surface area contributed by atoms with Gasteiger partial charge in [-0.25, -0.2) is 4.79 Å². The Hall–Kier alpha value is -3.41. The number of carbonyl (C=O) groups excluding carboxylic acids is 1. The molecule has 0 saturated carbocycles. The van der Waals surface area contributed by atoms with E-state index in [4.69, 9.17) is 4.42 Å². The highest BCUT2D eigenvalue weighted by Crippen LogP contribution is 2.23. The van der Waals surface area contributed by atoms with Crippen molar-refractivity contribution in [3.8, 4) is 11.3 Å². The number of carboxylic acid groups (broad SMARTS) is 1. The minimum absolute atomic E-state index is 0.134. The molecule has 2 aromatic carbocycles. The monoisotopic (exact) mass is 393 g/mol. The van der Waals surface area contributed by atoms with Crippen molar-refractivity contribution in [1.82, 2.24) is 5.32 Å². The van der Waals surface area contributed by atoms with Crippen molar-refractivity contribution in [3.63, 3.8) is 0 Å². The zero-order chi connectivity index (χ0) is 21.1. The molecule has 0 aliphatic rings. The lowest BCUT2D eigenvalue weighted by Gasteiger charge is -2.16. The molecule has 1 heterocycles. The van der Waals surface area contributed by atoms with Crippen LogP contribution in [0.5, 0.6) is 0 Å². The first-order valence-electron chi connectivity index (χ1n) is 9.43. The number of hydrogen-bond donors (Lipinski definition) is 2. The van der Waals surface area contributed by atoms with Crippen LogP contribution in [0.3, 0.4) is 0 Å². The van der Waals surface area contributed by atoms with Crippen LogP contribution in [-0.4, -0.2) is 23.0 Å². The maximum absolute atomic E-state index is 12.4. The van der Waals surface area contributed by atoms with Crippen molar-refractivity contribution < 1.29 is 19.1 Å². The maximum atomic E-state index is 12.4. The highest BCUT2D eigenvalue weighted by Gasteiger charge is 2.21. The normalized spacial score (nSPS) is 12.1. The third kappa shape index (κ3) is 4.71. The van der Waals surface area contributed by atoms with E-state index in [0.29, 0.717) is 34.3 Å². The molecule has 1 atom stereocenters. The minimum atomic E-state index is -1.06. The largest absolute Gasteiger partial charge is 0.480 e. The number of benzene rings is 2. The standard InChI is InChI=1S/C23H23NO5/c1-13(2)10-18(23(27)28)24-22(26)16-7-5-15(6-8-16)21-12-19(25)17-11-14(3)4-9-20(17)29-21/h4-9,11-13,18H,10H2,1-3H3,(H,24,26)(H,27,28). The van der Waals surface area contributed by atoms with Gasteiger partial charge in [0.25, 0.3) is 5.91 Å². The summed E-state index contributed by atoms with van der Waals surface area (Å²) in [5.41, 5.74) is 2.33. The molecular formula is C23H23NO5. The molecular weight excluding hydrogens is 370 g/mol. The van der Waals surface area contributed by atoms with Gasteiger partial charge in [-0.2, -0.15) is 0 Å². The fraction of sp³-hybridized carbons (Fsp3) is 0.261. The van der Waals surface area contributed by atoms with Gasteiger partial charge in [-0.05, 0) is 43.5 Å². The second kappa shape index (κ2) is 8.31. The number of nitrogens with one attached hydrogen (secondary N) is 1. The Kier molecular flexibility index (Phi) is 5.82. The summed E-state index contributed by atoms with van der Waals surface area (Å²) in [5, 5.41) is 12.4. The third-order valence-electron chi connectivity index (χ3n) is 4.62. The van der Waals surface area contributed by atoms with E-state index >= 15 is 0 Å². The van der Waals surface area contributed by atoms with Gasteiger partial charge in [-0.3, -0.25) is 9.59 Å². The molecule has 6 heteroatoms. The zero-order valence-corrected chi connectivity index (χ0v) is 16.6. The van der Waals surface area contributed by atoms with Crippen LogP contribution < -0.4 is 10.7 Å². The summed E-state index contributed by atoms with van der Waals surface area (Å²) < 4.78 is 5.85. The number of hydrogen-bond acceptors (Lipinski definition) is 4. The quantitative estimate of drug-likeness (QED) is 0.660. The number of carbonyl (C=O) groups is 2. The summed E-state index contributed by atoms with van der Waals surface area (Å²) >= 11 is 0. The Bertz CT molecular complexity index is 1110. The summed E-state index contributed by atoms with van der Waals surface area (Å²) in [6, 6.07) is 12.4. The second-order valence-corrected chi connectivity index (χ2v) is 7.55. The molecule has 6 nitrogen and oxygen atoms in total. The molecule has 2 N–H and O–H groups in total. The summed E-state index contributed by atoms with van der Waals surface area (Å²) in [6.07, 6.45) is 0.348. The molecule has 0 fully saturated rings. The van der Waals surface area contributed by atoms with E-state index in [1.54, 1.807) is 36.4 Å². The Morgan fingerprint density at radius 1 is 1.07 bits per heavy atom. The molecule has 1 amide bonds. The van der Waals surface area contributed by atoms with Gasteiger partial charge in [0.2, 0.25) is 0 Å². The van der Waals surface area contributed by atoms with Crippen LogP contribution in [0.15, 0.2) is 57.7 Å². The Morgan fingerprint density at radius 3 is 2.38 bits per heavy atom. The number of fused-ring (bicyclic) bond motifs is 1. The van der Waals surface area contributed by atoms with Crippen molar-refractivity contribution in [1.29, 1.82) is 0 Å². The SMILES string of the molecule is Cc1ccc2oc(-c3ccc(C(=O)NC(CC(C)C)C(=O)O)cc3)cc(=O)c2c1. The summed E-state index contributed by atoms with van der Waals surface area (Å²) in [6.45, 7) is 5.71. The Labute approximate surface area is 168 Å². The van der Waals surface area contributed by atoms with Crippen molar-refractivity contribution >= 4 is 22.8 Å². The highest BCUT2D eigenvalue weighted by molar-refractivity contribution is 5.97. The van der Waals surface area contributed by atoms with E-state index < -0.39 is 17.9 Å². The number of aliphatic carboxylic acids is 1. The average molecular weight is 393 g/mol. The van der Waals surface area contributed by atoms with E-state index in [1.807, 2.05) is 26.8 Å². The molecule has 0 radical (unpaired) electrons. The maximum Gasteiger partial charge on any atom is 0.326 e. The van der Waals surface area contributed by atoms with Crippen LogP contribution >= 0.6 is 0 Å². The zero-order valence-electron chi connectivity index (χ0n) is 16.6. The van der Waals surface area contributed by atoms with E-state index in [9.17, 15) is 19.5 Å². The first kappa shape index (κ1) is 20.3. The van der Waals surface area contributed by atoms with Gasteiger partial charge in [0.05, 0.1) is 5.39 Å². The minimum Gasteiger partial charge on any atom is -0.480 e. The van der Waals surface area contributed by atoms with Crippen LogP contribution in [0.4, 0.5) is 0 Å². The summed E-state index contributed by atoms with van der Waals surface area (Å²) in [5.74, 6) is -0.975. The third-order valence-corrected chi connectivity index (χ3v) is 4.62. The number of rotatable bonds is 6. The average Bonchev–Trinajstić information content (AvgIpc) is 2.67. The molecule has 0 aliphatic carbocycles. The van der Waals surface area contributed by atoms with Crippen molar-refractivity contribution in [2.45, 2.75) is 33.2 Å². The molecule has 0 spiro atoms. The fourth-order valence-corrected chi connectivity index (χ4v) is 3.13. The van der Waals surface area contributed by atoms with Crippen molar-refractivity contribution in [3.05, 3.63) is 69.9 Å². The summed E-state index contributed by atoms with van der Waals surface area (Å²) in [4.78, 5) is 36.1. The van der Waals surface area contributed by atoms with Gasteiger partial charge < -0.3 is 14.8 Å². The number of amides is 1. The molecule has 0 aliphatic heterocycles. The van der Waals surface area contributed by atoms with Crippen LogP contribution in [0.1, 0.15) is 36.2 Å². The predicted octanol–water partition coefficient (Wildman–Crippen LogP) is 4.00. The first-order valence-corrected chi connectivity index (χ1v) is 9.43. The van der Waals surface area contributed by atoms with E-state index in [-0.39, 0.29) is 11.3 Å². The fourth-order valence-electron chi connectivity index (χ4n) is 3.13. The summed E-state index contributed by atoms with van der Waals surface area (Å²) in [7, 11) is 0. The first-order chi connectivity index (χ1) is 13.7. The Balaban J connectivity index is 1.84. The van der Waals surface area contributed by atoms with Crippen molar-refractivity contribution in [2.24, 2.45) is 5.92 Å². The van der Waals surface area contributed by atoms with Gasteiger partial charge in [0.1, 0.15) is 17.4 Å². The van der Waals surface area contributed by atoms with E-state index in [1.165, 1.54) is 6.07 Å². The number of carboxylic acids is 1. The van der Waals surface area contributed by atoms with Crippen LogP contribution in [0.2, 0.25) is 0 Å². The topological polar surface area (TPSA) is 96.6 Å². The van der Waals surface area contributed by atoms with Gasteiger partial charge in [-0.15, -0.1) is 0 Å². The lowest BCUT2D eigenvalue weighted by atomic mass is 10.0. The molecule has 1 aromatic heterocycles. The molecule has 3 aromatic rings. The number of aryl methyl sites for hydroxylation is 1. The van der Waals surface area contributed by atoms with Gasteiger partial charge in [0, 0.05) is 17.2 Å². The van der Waals surface area contributed by atoms with E-state index in [2.05, 4.69) is 5.32 Å². The van der Waals surface area contributed by atoms with Gasteiger partial charge in [-0.1, -0.05) is 37.6 Å². The molecule has 0 saturated heterocycles. The van der Waals surface area contributed by atoms with E-state index in [0.717, 1.165) is 5.56 Å². The lowest BCUT2D eigenvalue weighted by Crippen LogP contribution is -2.41. The van der Waals surface area contributed by atoms with Gasteiger partial charge in [0.15, 0.2) is 5.43 Å². The van der Waals surface area contributed by atoms with Gasteiger partial charge >= 0.3 is 5.97 Å². The molecule has 0 bridgehead atoms. The molecule has 150 valence electrons. The van der Waals surface area contributed by atoms with Crippen LogP contribution in [0, 0.1) is 12.8 Å². The molecule has 1 unspecified atom stereocenters. The highest BCUT2D eigenvalue weighted by atomic mass is 16.4. The van der Waals surface area contributed by atoms with Crippen molar-refractivity contribution in [2.75, 3.05) is 0 Å². The Morgan fingerprint density at radius 2 is 1.76 bits per heavy atom. The lowest BCUT2D eigenvalue weighted by molar-refractivity contribution is -0.139.